The van der Waals surface area contributed by atoms with E-state index >= 15 is 0 Å². The van der Waals surface area contributed by atoms with Crippen LogP contribution >= 0.6 is 0 Å². The van der Waals surface area contributed by atoms with E-state index in [1.165, 1.54) is 4.90 Å². The summed E-state index contributed by atoms with van der Waals surface area (Å²) in [7, 11) is 0. The van der Waals surface area contributed by atoms with Crippen molar-refractivity contribution in [2.75, 3.05) is 19.6 Å². The zero-order chi connectivity index (χ0) is 20.4. The van der Waals surface area contributed by atoms with E-state index in [1.807, 2.05) is 18.2 Å². The van der Waals surface area contributed by atoms with Gasteiger partial charge in [-0.25, -0.2) is 14.8 Å². The molecule has 0 saturated carbocycles. The number of ketones is 1. The largest absolute Gasteiger partial charge is 0.481 e. The first-order valence-electron chi connectivity index (χ1n) is 10.2. The minimum Gasteiger partial charge on any atom is -0.481 e. The first-order valence-corrected chi connectivity index (χ1v) is 10.2. The topological polar surface area (TPSA) is 105 Å². The molecule has 2 atom stereocenters. The van der Waals surface area contributed by atoms with Crippen molar-refractivity contribution in [3.05, 3.63) is 30.2 Å². The predicted octanol–water partition coefficient (Wildman–Crippen LogP) is 2.58. The average molecular weight is 398 g/mol. The molecule has 2 aliphatic rings. The Morgan fingerprint density at radius 2 is 2.03 bits per heavy atom. The van der Waals surface area contributed by atoms with Gasteiger partial charge in [-0.1, -0.05) is 0 Å². The first kappa shape index (κ1) is 19.6. The molecule has 8 nitrogen and oxygen atoms in total. The number of likely N-dealkylation sites (tertiary alicyclic amines) is 1. The summed E-state index contributed by atoms with van der Waals surface area (Å²) in [5, 5.41) is 13.4. The van der Waals surface area contributed by atoms with Crippen molar-refractivity contribution in [3.8, 4) is 5.75 Å². The second kappa shape index (κ2) is 8.32. The lowest BCUT2D eigenvalue weighted by Gasteiger charge is -2.30. The average Bonchev–Trinajstić information content (AvgIpc) is 3.25. The van der Waals surface area contributed by atoms with Gasteiger partial charge >= 0.3 is 6.09 Å². The zero-order valence-electron chi connectivity index (χ0n) is 16.5. The number of amides is 1. The van der Waals surface area contributed by atoms with E-state index in [9.17, 15) is 9.59 Å². The molecule has 2 aliphatic heterocycles. The van der Waals surface area contributed by atoms with Gasteiger partial charge in [0.15, 0.2) is 11.9 Å². The summed E-state index contributed by atoms with van der Waals surface area (Å²) >= 11 is 0. The van der Waals surface area contributed by atoms with Crippen molar-refractivity contribution in [3.63, 3.8) is 0 Å². The molecule has 4 rings (SSSR count). The van der Waals surface area contributed by atoms with E-state index in [0.717, 1.165) is 48.8 Å². The summed E-state index contributed by atoms with van der Waals surface area (Å²) < 4.78 is 6.05. The Labute approximate surface area is 169 Å². The monoisotopic (exact) mass is 398 g/mol. The number of piperidine rings is 1. The third kappa shape index (κ3) is 4.17. The van der Waals surface area contributed by atoms with Gasteiger partial charge in [-0.15, -0.1) is 0 Å². The normalized spacial score (nSPS) is 21.3. The maximum atomic E-state index is 12.1. The number of nitrogens with one attached hydrogen (secondary N) is 1. The maximum absolute atomic E-state index is 12.1. The molecule has 3 heterocycles. The molecule has 0 aliphatic carbocycles. The number of ether oxygens (including phenoxy) is 1. The van der Waals surface area contributed by atoms with Gasteiger partial charge in [-0.05, 0) is 51.3 Å². The van der Waals surface area contributed by atoms with Crippen LogP contribution in [0.5, 0.6) is 5.75 Å². The van der Waals surface area contributed by atoms with Crippen molar-refractivity contribution in [2.24, 2.45) is 0 Å². The molecule has 1 amide bonds. The van der Waals surface area contributed by atoms with Gasteiger partial charge in [0.2, 0.25) is 0 Å². The fourth-order valence-electron chi connectivity index (χ4n) is 4.37. The van der Waals surface area contributed by atoms with Crippen LogP contribution in [0.4, 0.5) is 4.79 Å². The minimum absolute atomic E-state index is 0.0121. The smallest absolute Gasteiger partial charge is 0.407 e. The van der Waals surface area contributed by atoms with Gasteiger partial charge in [-0.3, -0.25) is 4.79 Å². The highest BCUT2D eigenvalue weighted by molar-refractivity contribution is 5.84. The molecule has 2 N–H and O–H groups in total. The number of rotatable bonds is 5. The molecule has 0 spiro atoms. The van der Waals surface area contributed by atoms with E-state index in [4.69, 9.17) is 9.84 Å². The van der Waals surface area contributed by atoms with Crippen molar-refractivity contribution in [1.82, 2.24) is 20.2 Å². The molecule has 29 heavy (non-hydrogen) atoms. The summed E-state index contributed by atoms with van der Waals surface area (Å²) in [6.07, 6.45) is 3.65. The standard InChI is InChI=1S/C21H26N4O4/c1-13(26)20(17-3-2-8-22-17)29-15-4-5-16-18(11-15)23-12-24-19(16)14-6-9-25(10-7-14)21(27)28/h4-5,11-12,14,17,20,22H,2-3,6-10H2,1H3,(H,27,28). The van der Waals surface area contributed by atoms with E-state index in [2.05, 4.69) is 15.3 Å². The van der Waals surface area contributed by atoms with Gasteiger partial charge in [0, 0.05) is 30.5 Å². The molecule has 2 fully saturated rings. The Bertz CT molecular complexity index is 905. The number of carbonyl (C=O) groups excluding carboxylic acids is 1. The van der Waals surface area contributed by atoms with Gasteiger partial charge in [-0.2, -0.15) is 0 Å². The van der Waals surface area contributed by atoms with Crippen LogP contribution in [0.1, 0.15) is 44.2 Å². The highest BCUT2D eigenvalue weighted by atomic mass is 16.5. The van der Waals surface area contributed by atoms with Gasteiger partial charge in [0.25, 0.3) is 0 Å². The Morgan fingerprint density at radius 3 is 2.69 bits per heavy atom. The van der Waals surface area contributed by atoms with Gasteiger partial charge < -0.3 is 20.1 Å². The fraction of sp³-hybridized carbons (Fsp3) is 0.524. The SMILES string of the molecule is CC(=O)C(Oc1ccc2c(C3CCN(C(=O)O)CC3)ncnc2c1)C1CCCN1. The van der Waals surface area contributed by atoms with Crippen LogP contribution in [0, 0.1) is 0 Å². The molecule has 2 unspecified atom stereocenters. The van der Waals surface area contributed by atoms with Crippen LogP contribution in [0.25, 0.3) is 10.9 Å². The Morgan fingerprint density at radius 1 is 1.24 bits per heavy atom. The second-order valence-electron chi connectivity index (χ2n) is 7.83. The lowest BCUT2D eigenvalue weighted by Crippen LogP contribution is -2.43. The fourth-order valence-corrected chi connectivity index (χ4v) is 4.37. The molecule has 154 valence electrons. The van der Waals surface area contributed by atoms with Gasteiger partial charge in [0.1, 0.15) is 12.1 Å². The minimum atomic E-state index is -0.866. The Balaban J connectivity index is 1.54. The lowest BCUT2D eigenvalue weighted by molar-refractivity contribution is -0.124. The number of nitrogens with zero attached hydrogens (tertiary/aromatic N) is 3. The number of fused-ring (bicyclic) bond motifs is 1. The number of carboxylic acid groups (broad SMARTS) is 1. The third-order valence-electron chi connectivity index (χ3n) is 5.92. The molecule has 0 radical (unpaired) electrons. The quantitative estimate of drug-likeness (QED) is 0.797. The Hall–Kier alpha value is -2.74. The summed E-state index contributed by atoms with van der Waals surface area (Å²) in [4.78, 5) is 33.6. The van der Waals surface area contributed by atoms with Crippen LogP contribution in [0.3, 0.4) is 0 Å². The summed E-state index contributed by atoms with van der Waals surface area (Å²) in [5.41, 5.74) is 1.72. The van der Waals surface area contributed by atoms with Crippen LogP contribution in [0.15, 0.2) is 24.5 Å². The highest BCUT2D eigenvalue weighted by Gasteiger charge is 2.30. The third-order valence-corrected chi connectivity index (χ3v) is 5.92. The molecule has 1 aromatic carbocycles. The zero-order valence-corrected chi connectivity index (χ0v) is 16.5. The number of Topliss-reactive ketones (excluding diaryl/α,β-unsaturated/α-hetero) is 1. The van der Waals surface area contributed by atoms with Crippen LogP contribution in [-0.4, -0.2) is 63.6 Å². The summed E-state index contributed by atoms with van der Waals surface area (Å²) in [6.45, 7) is 3.50. The van der Waals surface area contributed by atoms with E-state index in [0.29, 0.717) is 18.8 Å². The number of hydrogen-bond acceptors (Lipinski definition) is 6. The van der Waals surface area contributed by atoms with Crippen molar-refractivity contribution in [2.45, 2.75) is 50.7 Å². The molecule has 2 saturated heterocycles. The maximum Gasteiger partial charge on any atom is 0.407 e. The molecular weight excluding hydrogens is 372 g/mol. The molecule has 0 bridgehead atoms. The van der Waals surface area contributed by atoms with E-state index in [1.54, 1.807) is 13.3 Å². The summed E-state index contributed by atoms with van der Waals surface area (Å²) in [5.74, 6) is 0.838. The second-order valence-corrected chi connectivity index (χ2v) is 7.83. The number of hydrogen-bond donors (Lipinski definition) is 2. The molecule has 1 aromatic heterocycles. The first-order chi connectivity index (χ1) is 14.0. The molecule has 8 heteroatoms. The van der Waals surface area contributed by atoms with Gasteiger partial charge in [0.05, 0.1) is 17.3 Å². The highest BCUT2D eigenvalue weighted by Crippen LogP contribution is 2.32. The summed E-state index contributed by atoms with van der Waals surface area (Å²) in [6, 6.07) is 5.72. The van der Waals surface area contributed by atoms with Crippen molar-refractivity contribution in [1.29, 1.82) is 0 Å². The Kier molecular flexibility index (Phi) is 5.62. The van der Waals surface area contributed by atoms with E-state index < -0.39 is 12.2 Å². The van der Waals surface area contributed by atoms with Crippen LogP contribution in [-0.2, 0) is 4.79 Å². The lowest BCUT2D eigenvalue weighted by atomic mass is 9.91. The molecule has 2 aromatic rings. The van der Waals surface area contributed by atoms with E-state index in [-0.39, 0.29) is 17.7 Å². The van der Waals surface area contributed by atoms with Crippen LogP contribution < -0.4 is 10.1 Å². The number of carbonyl (C=O) groups is 2. The van der Waals surface area contributed by atoms with Crippen LogP contribution in [0.2, 0.25) is 0 Å². The number of benzene rings is 1. The van der Waals surface area contributed by atoms with Crippen molar-refractivity contribution >= 4 is 22.8 Å². The van der Waals surface area contributed by atoms with Crippen molar-refractivity contribution < 1.29 is 19.4 Å². The molecular formula is C21H26N4O4. The predicted molar refractivity (Wildman–Crippen MR) is 107 cm³/mol. The number of aromatic nitrogens is 2.